The Morgan fingerprint density at radius 2 is 2.21 bits per heavy atom. The van der Waals surface area contributed by atoms with Crippen LogP contribution in [-0.4, -0.2) is 49.4 Å². The van der Waals surface area contributed by atoms with Gasteiger partial charge < -0.3 is 9.47 Å². The number of piperidine rings is 1. The van der Waals surface area contributed by atoms with Crippen LogP contribution in [0.2, 0.25) is 0 Å². The summed E-state index contributed by atoms with van der Waals surface area (Å²) in [4.78, 5) is 7.37. The number of hydrogen-bond donors (Lipinski definition) is 0. The highest BCUT2D eigenvalue weighted by atomic mass is 16.5. The van der Waals surface area contributed by atoms with Crippen LogP contribution in [0.3, 0.4) is 0 Å². The maximum absolute atomic E-state index is 6.07. The molecule has 0 N–H and O–H groups in total. The third-order valence-corrected chi connectivity index (χ3v) is 5.54. The molecule has 0 spiro atoms. The average Bonchev–Trinajstić information content (AvgIpc) is 2.61. The summed E-state index contributed by atoms with van der Waals surface area (Å²) in [6.07, 6.45) is 3.79. The minimum Gasteiger partial charge on any atom is -0.384 e. The molecule has 0 amide bonds. The SMILES string of the molecule is COC[C@@]12CCCO[C@@H]1CCN(Cc1ccc3ccccc3n1)C2. The molecule has 24 heavy (non-hydrogen) atoms. The van der Waals surface area contributed by atoms with Crippen LogP contribution in [0, 0.1) is 5.41 Å². The number of ether oxygens (including phenoxy) is 2. The average molecular weight is 326 g/mol. The summed E-state index contributed by atoms with van der Waals surface area (Å²) in [5.41, 5.74) is 2.39. The maximum atomic E-state index is 6.07. The molecule has 2 atom stereocenters. The molecule has 128 valence electrons. The van der Waals surface area contributed by atoms with Gasteiger partial charge in [-0.25, -0.2) is 0 Å². The number of aromatic nitrogens is 1. The molecule has 2 aliphatic heterocycles. The minimum atomic E-state index is 0.155. The minimum absolute atomic E-state index is 0.155. The molecule has 2 saturated heterocycles. The number of nitrogens with zero attached hydrogens (tertiary/aromatic N) is 2. The summed E-state index contributed by atoms with van der Waals surface area (Å²) < 4.78 is 11.6. The Kier molecular flexibility index (Phi) is 4.53. The van der Waals surface area contributed by atoms with Crippen LogP contribution in [-0.2, 0) is 16.0 Å². The van der Waals surface area contributed by atoms with E-state index in [2.05, 4.69) is 41.3 Å². The van der Waals surface area contributed by atoms with Crippen molar-refractivity contribution < 1.29 is 9.47 Å². The van der Waals surface area contributed by atoms with E-state index in [1.807, 2.05) is 7.11 Å². The second-order valence-electron chi connectivity index (χ2n) is 7.25. The van der Waals surface area contributed by atoms with Gasteiger partial charge in [-0.05, 0) is 31.4 Å². The molecule has 2 aliphatic rings. The molecule has 2 aromatic rings. The van der Waals surface area contributed by atoms with Crippen molar-refractivity contribution in [2.24, 2.45) is 5.41 Å². The fourth-order valence-corrected chi connectivity index (χ4v) is 4.44. The molecule has 3 heterocycles. The Hall–Kier alpha value is -1.49. The lowest BCUT2D eigenvalue weighted by atomic mass is 9.73. The fourth-order valence-electron chi connectivity index (χ4n) is 4.44. The van der Waals surface area contributed by atoms with Crippen LogP contribution in [0.1, 0.15) is 25.0 Å². The normalized spacial score (nSPS) is 28.0. The Morgan fingerprint density at radius 3 is 3.12 bits per heavy atom. The number of likely N-dealkylation sites (tertiary alicyclic amines) is 1. The highest BCUT2D eigenvalue weighted by Crippen LogP contribution is 2.40. The van der Waals surface area contributed by atoms with E-state index in [1.54, 1.807) is 0 Å². The van der Waals surface area contributed by atoms with Crippen molar-refractivity contribution in [3.8, 4) is 0 Å². The van der Waals surface area contributed by atoms with Gasteiger partial charge in [-0.2, -0.15) is 0 Å². The lowest BCUT2D eigenvalue weighted by Crippen LogP contribution is -2.56. The van der Waals surface area contributed by atoms with Crippen LogP contribution in [0.4, 0.5) is 0 Å². The molecular formula is C20H26N2O2. The van der Waals surface area contributed by atoms with E-state index in [-0.39, 0.29) is 5.41 Å². The van der Waals surface area contributed by atoms with Crippen LogP contribution in [0.5, 0.6) is 0 Å². The number of pyridine rings is 1. The van der Waals surface area contributed by atoms with Gasteiger partial charge in [-0.1, -0.05) is 24.3 Å². The first-order chi connectivity index (χ1) is 11.8. The van der Waals surface area contributed by atoms with Gasteiger partial charge in [0.05, 0.1) is 23.9 Å². The number of rotatable bonds is 4. The summed E-state index contributed by atoms with van der Waals surface area (Å²) in [6.45, 7) is 4.72. The van der Waals surface area contributed by atoms with Crippen molar-refractivity contribution in [3.63, 3.8) is 0 Å². The first-order valence-corrected chi connectivity index (χ1v) is 8.97. The van der Waals surface area contributed by atoms with Crippen molar-refractivity contribution in [1.82, 2.24) is 9.88 Å². The van der Waals surface area contributed by atoms with Crippen molar-refractivity contribution in [1.29, 1.82) is 0 Å². The number of fused-ring (bicyclic) bond motifs is 2. The third kappa shape index (κ3) is 3.06. The standard InChI is InChI=1S/C20H26N2O2/c1-23-15-20-10-4-12-24-19(20)9-11-22(14-20)13-17-8-7-16-5-2-3-6-18(16)21-17/h2-3,5-8,19H,4,9-15H2,1H3/t19-,20+/m1/s1. The molecule has 0 saturated carbocycles. The first kappa shape index (κ1) is 16.0. The summed E-state index contributed by atoms with van der Waals surface area (Å²) in [6, 6.07) is 12.7. The van der Waals surface area contributed by atoms with Gasteiger partial charge in [0.15, 0.2) is 0 Å². The summed E-state index contributed by atoms with van der Waals surface area (Å²) in [7, 11) is 1.81. The van der Waals surface area contributed by atoms with Crippen LogP contribution < -0.4 is 0 Å². The molecule has 2 fully saturated rings. The zero-order valence-electron chi connectivity index (χ0n) is 14.4. The summed E-state index contributed by atoms with van der Waals surface area (Å²) in [5.74, 6) is 0. The van der Waals surface area contributed by atoms with Crippen molar-refractivity contribution in [2.45, 2.75) is 31.9 Å². The quantitative estimate of drug-likeness (QED) is 0.864. The van der Waals surface area contributed by atoms with Crippen molar-refractivity contribution in [3.05, 3.63) is 42.1 Å². The highest BCUT2D eigenvalue weighted by molar-refractivity contribution is 5.78. The van der Waals surface area contributed by atoms with Gasteiger partial charge in [0.2, 0.25) is 0 Å². The van der Waals surface area contributed by atoms with Crippen LogP contribution in [0.25, 0.3) is 10.9 Å². The Labute approximate surface area is 143 Å². The zero-order chi connectivity index (χ0) is 16.4. The number of methoxy groups -OCH3 is 1. The monoisotopic (exact) mass is 326 g/mol. The molecule has 0 aliphatic carbocycles. The molecule has 1 aromatic carbocycles. The lowest BCUT2D eigenvalue weighted by molar-refractivity contribution is -0.149. The van der Waals surface area contributed by atoms with E-state index < -0.39 is 0 Å². The highest BCUT2D eigenvalue weighted by Gasteiger charge is 2.45. The van der Waals surface area contributed by atoms with Crippen molar-refractivity contribution in [2.75, 3.05) is 33.4 Å². The second kappa shape index (κ2) is 6.79. The van der Waals surface area contributed by atoms with Crippen LogP contribution >= 0.6 is 0 Å². The first-order valence-electron chi connectivity index (χ1n) is 8.97. The maximum Gasteiger partial charge on any atom is 0.0705 e. The molecule has 0 bridgehead atoms. The third-order valence-electron chi connectivity index (χ3n) is 5.54. The van der Waals surface area contributed by atoms with E-state index in [0.29, 0.717) is 6.10 Å². The van der Waals surface area contributed by atoms with Gasteiger partial charge in [-0.15, -0.1) is 0 Å². The zero-order valence-corrected chi connectivity index (χ0v) is 14.4. The summed E-state index contributed by atoms with van der Waals surface area (Å²) >= 11 is 0. The van der Waals surface area contributed by atoms with Crippen molar-refractivity contribution >= 4 is 10.9 Å². The predicted molar refractivity (Wildman–Crippen MR) is 94.9 cm³/mol. The molecule has 1 aromatic heterocycles. The second-order valence-corrected chi connectivity index (χ2v) is 7.25. The van der Waals surface area contributed by atoms with E-state index in [9.17, 15) is 0 Å². The van der Waals surface area contributed by atoms with Gasteiger partial charge in [0, 0.05) is 44.2 Å². The van der Waals surface area contributed by atoms with Gasteiger partial charge >= 0.3 is 0 Å². The Morgan fingerprint density at radius 1 is 1.29 bits per heavy atom. The van der Waals surface area contributed by atoms with E-state index in [0.717, 1.165) is 56.9 Å². The Bertz CT molecular complexity index is 701. The van der Waals surface area contributed by atoms with Gasteiger partial charge in [0.25, 0.3) is 0 Å². The smallest absolute Gasteiger partial charge is 0.0705 e. The van der Waals surface area contributed by atoms with Gasteiger partial charge in [0.1, 0.15) is 0 Å². The van der Waals surface area contributed by atoms with E-state index >= 15 is 0 Å². The molecule has 4 nitrogen and oxygen atoms in total. The Balaban J connectivity index is 1.51. The van der Waals surface area contributed by atoms with Crippen LogP contribution in [0.15, 0.2) is 36.4 Å². The largest absolute Gasteiger partial charge is 0.384 e. The molecule has 4 rings (SSSR count). The lowest BCUT2D eigenvalue weighted by Gasteiger charge is -2.50. The molecule has 0 radical (unpaired) electrons. The predicted octanol–water partition coefficient (Wildman–Crippen LogP) is 3.25. The number of para-hydroxylation sites is 1. The number of benzene rings is 1. The molecule has 4 heteroatoms. The molecular weight excluding hydrogens is 300 g/mol. The number of hydrogen-bond acceptors (Lipinski definition) is 4. The van der Waals surface area contributed by atoms with E-state index in [4.69, 9.17) is 14.5 Å². The fraction of sp³-hybridized carbons (Fsp3) is 0.550. The van der Waals surface area contributed by atoms with Gasteiger partial charge in [-0.3, -0.25) is 9.88 Å². The topological polar surface area (TPSA) is 34.6 Å². The summed E-state index contributed by atoms with van der Waals surface area (Å²) in [5, 5.41) is 1.21. The van der Waals surface area contributed by atoms with E-state index in [1.165, 1.54) is 11.8 Å². The molecule has 0 unspecified atom stereocenters.